The monoisotopic (exact) mass is 342 g/mol. The van der Waals surface area contributed by atoms with E-state index in [1.807, 2.05) is 44.2 Å². The molecule has 0 fully saturated rings. The number of rotatable bonds is 5. The molecule has 0 spiro atoms. The van der Waals surface area contributed by atoms with Crippen molar-refractivity contribution in [3.8, 4) is 0 Å². The van der Waals surface area contributed by atoms with Gasteiger partial charge in [-0.2, -0.15) is 0 Å². The predicted molar refractivity (Wildman–Crippen MR) is 94.9 cm³/mol. The van der Waals surface area contributed by atoms with Gasteiger partial charge < -0.3 is 5.11 Å². The van der Waals surface area contributed by atoms with E-state index in [-0.39, 0.29) is 18.5 Å². The second-order valence-corrected chi connectivity index (χ2v) is 6.96. The average Bonchev–Trinajstić information content (AvgIpc) is 2.82. The minimum atomic E-state index is -0.925. The molecule has 5 nitrogen and oxygen atoms in total. The van der Waals surface area contributed by atoms with Crippen molar-refractivity contribution in [1.82, 2.24) is 9.55 Å². The first-order valence-corrected chi connectivity index (χ1v) is 8.54. The molecule has 0 radical (unpaired) electrons. The van der Waals surface area contributed by atoms with Gasteiger partial charge in [0.25, 0.3) is 5.56 Å². The normalized spacial score (nSPS) is 11.1. The number of hydrogen-bond donors (Lipinski definition) is 1. The van der Waals surface area contributed by atoms with E-state index in [9.17, 15) is 9.59 Å². The van der Waals surface area contributed by atoms with Crippen LogP contribution in [0.15, 0.2) is 35.1 Å². The quantitative estimate of drug-likeness (QED) is 0.773. The number of fused-ring (bicyclic) bond motifs is 1. The van der Waals surface area contributed by atoms with Crippen LogP contribution in [0.4, 0.5) is 0 Å². The zero-order valence-electron chi connectivity index (χ0n) is 13.6. The number of aryl methyl sites for hydroxylation is 2. The predicted octanol–water partition coefficient (Wildman–Crippen LogP) is 3.14. The zero-order chi connectivity index (χ0) is 17.3. The van der Waals surface area contributed by atoms with Crippen molar-refractivity contribution in [2.45, 2.75) is 33.2 Å². The zero-order valence-corrected chi connectivity index (χ0v) is 14.4. The highest BCUT2D eigenvalue weighted by atomic mass is 32.1. The summed E-state index contributed by atoms with van der Waals surface area (Å²) in [5, 5.41) is 9.60. The Hall–Kier alpha value is -2.47. The summed E-state index contributed by atoms with van der Waals surface area (Å²) in [5.74, 6) is -0.313. The van der Waals surface area contributed by atoms with Gasteiger partial charge in [-0.25, -0.2) is 4.98 Å². The summed E-state index contributed by atoms with van der Waals surface area (Å²) < 4.78 is 1.52. The highest BCUT2D eigenvalue weighted by Gasteiger charge is 2.17. The van der Waals surface area contributed by atoms with E-state index in [2.05, 4.69) is 4.98 Å². The molecule has 1 N–H and O–H groups in total. The van der Waals surface area contributed by atoms with Crippen LogP contribution in [0.2, 0.25) is 0 Å². The highest BCUT2D eigenvalue weighted by molar-refractivity contribution is 7.18. The summed E-state index contributed by atoms with van der Waals surface area (Å²) in [4.78, 5) is 30.4. The van der Waals surface area contributed by atoms with E-state index in [0.29, 0.717) is 17.6 Å². The molecule has 3 aromatic rings. The van der Waals surface area contributed by atoms with Crippen LogP contribution in [0.1, 0.15) is 28.2 Å². The molecule has 0 unspecified atom stereocenters. The minimum absolute atomic E-state index is 0.100. The van der Waals surface area contributed by atoms with Crippen LogP contribution >= 0.6 is 11.3 Å². The first kappa shape index (κ1) is 16.4. The largest absolute Gasteiger partial charge is 0.481 e. The van der Waals surface area contributed by atoms with Gasteiger partial charge in [0.2, 0.25) is 0 Å². The number of carboxylic acids is 1. The number of nitrogens with zero attached hydrogens (tertiary/aromatic N) is 2. The molecule has 124 valence electrons. The lowest BCUT2D eigenvalue weighted by Gasteiger charge is -2.12. The van der Waals surface area contributed by atoms with Gasteiger partial charge in [-0.1, -0.05) is 30.3 Å². The third-order valence-corrected chi connectivity index (χ3v) is 5.22. The maximum Gasteiger partial charge on any atom is 0.305 e. The lowest BCUT2D eigenvalue weighted by atomic mass is 10.1. The topological polar surface area (TPSA) is 72.2 Å². The fourth-order valence-electron chi connectivity index (χ4n) is 2.72. The molecule has 0 aliphatic heterocycles. The van der Waals surface area contributed by atoms with Crippen molar-refractivity contribution in [3.05, 3.63) is 62.5 Å². The first-order chi connectivity index (χ1) is 11.5. The molecule has 0 bridgehead atoms. The highest BCUT2D eigenvalue weighted by Crippen LogP contribution is 2.26. The van der Waals surface area contributed by atoms with Crippen LogP contribution in [0.5, 0.6) is 0 Å². The van der Waals surface area contributed by atoms with E-state index in [1.54, 1.807) is 0 Å². The molecule has 0 saturated carbocycles. The number of carbonyl (C=O) groups is 1. The van der Waals surface area contributed by atoms with E-state index in [4.69, 9.17) is 5.11 Å². The van der Waals surface area contributed by atoms with E-state index < -0.39 is 5.97 Å². The molecule has 1 aromatic carbocycles. The van der Waals surface area contributed by atoms with E-state index in [0.717, 1.165) is 20.8 Å². The molecular weight excluding hydrogens is 324 g/mol. The Balaban J connectivity index is 2.16. The molecule has 24 heavy (non-hydrogen) atoms. The number of carboxylic acid groups (broad SMARTS) is 1. The van der Waals surface area contributed by atoms with Gasteiger partial charge in [0.15, 0.2) is 0 Å². The van der Waals surface area contributed by atoms with Crippen LogP contribution in [0.25, 0.3) is 10.2 Å². The third-order valence-electron chi connectivity index (χ3n) is 4.12. The van der Waals surface area contributed by atoms with Crippen molar-refractivity contribution < 1.29 is 9.90 Å². The molecule has 2 heterocycles. The fraction of sp³-hybridized carbons (Fsp3) is 0.278. The van der Waals surface area contributed by atoms with Gasteiger partial charge in [-0.05, 0) is 25.0 Å². The summed E-state index contributed by atoms with van der Waals surface area (Å²) in [6, 6.07) is 9.76. The summed E-state index contributed by atoms with van der Waals surface area (Å²) in [5.41, 5.74) is 1.83. The Bertz CT molecular complexity index is 958. The van der Waals surface area contributed by atoms with Crippen LogP contribution in [0, 0.1) is 13.8 Å². The number of benzene rings is 1. The maximum absolute atomic E-state index is 12.9. The van der Waals surface area contributed by atoms with Crippen LogP contribution in [0.3, 0.4) is 0 Å². The van der Waals surface area contributed by atoms with Crippen molar-refractivity contribution in [2.75, 3.05) is 0 Å². The molecular formula is C18H18N2O3S. The summed E-state index contributed by atoms with van der Waals surface area (Å²) in [6.07, 6.45) is 0.401. The standard InChI is InChI=1S/C18H18N2O3S/c1-11-12(2)24-17-16(11)18(23)20(9-8-15(21)22)14(19-17)10-13-6-4-3-5-7-13/h3-7H,8-10H2,1-2H3,(H,21,22). The lowest BCUT2D eigenvalue weighted by Crippen LogP contribution is -2.26. The summed E-state index contributed by atoms with van der Waals surface area (Å²) >= 11 is 1.51. The maximum atomic E-state index is 12.9. The molecule has 0 aliphatic rings. The van der Waals surface area contributed by atoms with Crippen molar-refractivity contribution in [2.24, 2.45) is 0 Å². The smallest absolute Gasteiger partial charge is 0.305 e. The van der Waals surface area contributed by atoms with Gasteiger partial charge in [-0.15, -0.1) is 11.3 Å². The molecule has 3 rings (SSSR count). The van der Waals surface area contributed by atoms with Gasteiger partial charge in [0.05, 0.1) is 11.8 Å². The van der Waals surface area contributed by atoms with Crippen LogP contribution in [-0.4, -0.2) is 20.6 Å². The van der Waals surface area contributed by atoms with Gasteiger partial charge >= 0.3 is 5.97 Å². The Morgan fingerprint density at radius 2 is 1.96 bits per heavy atom. The second kappa shape index (κ2) is 6.57. The van der Waals surface area contributed by atoms with E-state index >= 15 is 0 Å². The second-order valence-electron chi connectivity index (χ2n) is 5.75. The van der Waals surface area contributed by atoms with Crippen molar-refractivity contribution in [1.29, 1.82) is 0 Å². The molecule has 0 atom stereocenters. The minimum Gasteiger partial charge on any atom is -0.481 e. The Morgan fingerprint density at radius 3 is 2.62 bits per heavy atom. The molecule has 0 saturated heterocycles. The van der Waals surface area contributed by atoms with Crippen LogP contribution in [-0.2, 0) is 17.8 Å². The molecule has 6 heteroatoms. The molecule has 0 aliphatic carbocycles. The van der Waals surface area contributed by atoms with Crippen molar-refractivity contribution >= 4 is 27.5 Å². The SMILES string of the molecule is Cc1sc2nc(Cc3ccccc3)n(CCC(=O)O)c(=O)c2c1C. The fourth-order valence-corrected chi connectivity index (χ4v) is 3.76. The van der Waals surface area contributed by atoms with Gasteiger partial charge in [0.1, 0.15) is 10.7 Å². The Kier molecular flexibility index (Phi) is 4.49. The molecule has 2 aromatic heterocycles. The average molecular weight is 342 g/mol. The van der Waals surface area contributed by atoms with Gasteiger partial charge in [0, 0.05) is 17.8 Å². The van der Waals surface area contributed by atoms with Gasteiger partial charge in [-0.3, -0.25) is 14.2 Å². The summed E-state index contributed by atoms with van der Waals surface area (Å²) in [6.45, 7) is 4.02. The summed E-state index contributed by atoms with van der Waals surface area (Å²) in [7, 11) is 0. The molecule has 0 amide bonds. The van der Waals surface area contributed by atoms with Crippen molar-refractivity contribution in [3.63, 3.8) is 0 Å². The Labute approximate surface area is 143 Å². The van der Waals surface area contributed by atoms with Crippen LogP contribution < -0.4 is 5.56 Å². The lowest BCUT2D eigenvalue weighted by molar-refractivity contribution is -0.137. The van der Waals surface area contributed by atoms with E-state index in [1.165, 1.54) is 15.9 Å². The number of aliphatic carboxylic acids is 1. The number of thiophene rings is 1. The Morgan fingerprint density at radius 1 is 1.25 bits per heavy atom. The number of aromatic nitrogens is 2. The first-order valence-electron chi connectivity index (χ1n) is 7.72. The third kappa shape index (κ3) is 3.10. The number of hydrogen-bond acceptors (Lipinski definition) is 4.